The first-order chi connectivity index (χ1) is 17.3. The summed E-state index contributed by atoms with van der Waals surface area (Å²) in [5.74, 6) is -2.18. The number of amides is 1. The molecule has 0 fully saturated rings. The van der Waals surface area contributed by atoms with E-state index < -0.39 is 78.6 Å². The maximum absolute atomic E-state index is 13.8. The monoisotopic (exact) mass is 591 g/mol. The van der Waals surface area contributed by atoms with Crippen LogP contribution in [0.3, 0.4) is 0 Å². The Morgan fingerprint density at radius 3 is 1.92 bits per heavy atom. The van der Waals surface area contributed by atoms with Crippen LogP contribution in [0.1, 0.15) is 32.9 Å². The van der Waals surface area contributed by atoms with Crippen LogP contribution in [0.4, 0.5) is 39.5 Å². The van der Waals surface area contributed by atoms with E-state index in [1.807, 2.05) is 0 Å². The molecule has 0 saturated heterocycles. The van der Waals surface area contributed by atoms with Gasteiger partial charge < -0.3 is 0 Å². The Balaban J connectivity index is 2.11. The van der Waals surface area contributed by atoms with Crippen molar-refractivity contribution in [1.29, 1.82) is 5.26 Å². The van der Waals surface area contributed by atoms with Gasteiger partial charge in [-0.25, -0.2) is 17.8 Å². The van der Waals surface area contributed by atoms with E-state index in [1.54, 1.807) is 6.07 Å². The first kappa shape index (κ1) is 28.7. The Hall–Kier alpha value is -3.85. The van der Waals surface area contributed by atoms with Gasteiger partial charge in [0, 0.05) is 0 Å². The number of carbonyl (C=O) groups is 1. The summed E-state index contributed by atoms with van der Waals surface area (Å²) in [6.07, 6.45) is -16.4. The van der Waals surface area contributed by atoms with Gasteiger partial charge in [0.05, 0.1) is 38.4 Å². The van der Waals surface area contributed by atoms with Gasteiger partial charge in [0.15, 0.2) is 11.4 Å². The van der Waals surface area contributed by atoms with Crippen molar-refractivity contribution in [2.75, 3.05) is 0 Å². The molecule has 0 bridgehead atoms. The fourth-order valence-corrected chi connectivity index (χ4v) is 4.20. The van der Waals surface area contributed by atoms with E-state index in [2.05, 4.69) is 10.3 Å². The predicted octanol–water partition coefficient (Wildman–Crippen LogP) is 4.97. The van der Waals surface area contributed by atoms with Crippen LogP contribution in [0.2, 0.25) is 5.02 Å². The van der Waals surface area contributed by atoms with Crippen molar-refractivity contribution in [2.24, 2.45) is 0 Å². The molecule has 2 aromatic carbocycles. The molecule has 1 heterocycles. The fraction of sp³-hybridized carbons (Fsp3) is 0.158. The number of halogens is 10. The molecule has 0 spiro atoms. The Labute approximate surface area is 210 Å². The molecular formula is C19H7ClF9N5O3S. The van der Waals surface area contributed by atoms with E-state index in [-0.39, 0.29) is 22.4 Å². The maximum Gasteiger partial charge on any atom is 0.435 e. The lowest BCUT2D eigenvalue weighted by molar-refractivity contribution is -0.144. The Morgan fingerprint density at radius 2 is 1.47 bits per heavy atom. The molecule has 0 unspecified atom stereocenters. The van der Waals surface area contributed by atoms with Crippen molar-refractivity contribution in [3.8, 4) is 11.8 Å². The zero-order valence-electron chi connectivity index (χ0n) is 17.7. The highest BCUT2D eigenvalue weighted by atomic mass is 35.5. The number of sulfonamides is 1. The minimum absolute atomic E-state index is 0.0168. The first-order valence-corrected chi connectivity index (χ1v) is 11.2. The smallest absolute Gasteiger partial charge is 0.266 e. The van der Waals surface area contributed by atoms with Gasteiger partial charge in [0.1, 0.15) is 0 Å². The first-order valence-electron chi connectivity index (χ1n) is 9.35. The molecule has 1 amide bonds. The number of benzene rings is 2. The fourth-order valence-electron chi connectivity index (χ4n) is 2.92. The molecule has 202 valence electrons. The molecule has 0 atom stereocenters. The third-order valence-electron chi connectivity index (χ3n) is 4.56. The van der Waals surface area contributed by atoms with Crippen molar-refractivity contribution in [3.05, 3.63) is 69.5 Å². The highest BCUT2D eigenvalue weighted by Crippen LogP contribution is 2.38. The van der Waals surface area contributed by atoms with Gasteiger partial charge in [0.2, 0.25) is 0 Å². The number of nitrogens with zero attached hydrogens (tertiary/aromatic N) is 4. The van der Waals surface area contributed by atoms with Crippen LogP contribution in [0, 0.1) is 11.3 Å². The number of nitriles is 1. The Kier molecular flexibility index (Phi) is 7.16. The van der Waals surface area contributed by atoms with Crippen LogP contribution in [0.15, 0.2) is 41.3 Å². The van der Waals surface area contributed by atoms with Gasteiger partial charge in [-0.05, 0) is 36.4 Å². The average Bonchev–Trinajstić information content (AvgIpc) is 3.23. The third-order valence-corrected chi connectivity index (χ3v) is 6.17. The van der Waals surface area contributed by atoms with Crippen LogP contribution in [0.5, 0.6) is 0 Å². The van der Waals surface area contributed by atoms with Crippen LogP contribution < -0.4 is 4.72 Å². The summed E-state index contributed by atoms with van der Waals surface area (Å²) < 4.78 is 146. The largest absolute Gasteiger partial charge is 0.435 e. The molecule has 8 nitrogen and oxygen atoms in total. The molecule has 0 aliphatic heterocycles. The highest BCUT2D eigenvalue weighted by molar-refractivity contribution is 7.90. The summed E-state index contributed by atoms with van der Waals surface area (Å²) in [6, 6.07) is 3.63. The summed E-state index contributed by atoms with van der Waals surface area (Å²) in [4.78, 5) is 10.7. The van der Waals surface area contributed by atoms with Crippen molar-refractivity contribution in [1.82, 2.24) is 19.7 Å². The number of aromatic nitrogens is 3. The molecule has 38 heavy (non-hydrogen) atoms. The van der Waals surface area contributed by atoms with E-state index in [0.29, 0.717) is 0 Å². The number of hydrogen-bond acceptors (Lipinski definition) is 6. The van der Waals surface area contributed by atoms with E-state index in [4.69, 9.17) is 16.9 Å². The summed E-state index contributed by atoms with van der Waals surface area (Å²) in [7, 11) is -5.61. The second-order valence-electron chi connectivity index (χ2n) is 7.15. The third kappa shape index (κ3) is 5.83. The topological polar surface area (TPSA) is 118 Å². The molecular weight excluding hydrogens is 585 g/mol. The van der Waals surface area contributed by atoms with Crippen molar-refractivity contribution < 1.29 is 52.7 Å². The van der Waals surface area contributed by atoms with Gasteiger partial charge in [-0.15, -0.1) is 5.10 Å². The van der Waals surface area contributed by atoms with Gasteiger partial charge in [-0.1, -0.05) is 16.8 Å². The summed E-state index contributed by atoms with van der Waals surface area (Å²) >= 11 is 5.86. The lowest BCUT2D eigenvalue weighted by atomic mass is 10.1. The summed E-state index contributed by atoms with van der Waals surface area (Å²) in [6.45, 7) is 0. The minimum Gasteiger partial charge on any atom is -0.266 e. The molecule has 19 heteroatoms. The van der Waals surface area contributed by atoms with E-state index in [1.165, 1.54) is 0 Å². The molecule has 3 rings (SSSR count). The lowest BCUT2D eigenvalue weighted by Crippen LogP contribution is -2.33. The second kappa shape index (κ2) is 9.47. The van der Waals surface area contributed by atoms with Crippen LogP contribution in [-0.4, -0.2) is 29.3 Å². The highest BCUT2D eigenvalue weighted by Gasteiger charge is 2.43. The van der Waals surface area contributed by atoms with Gasteiger partial charge in [-0.2, -0.15) is 44.8 Å². The van der Waals surface area contributed by atoms with Crippen molar-refractivity contribution >= 4 is 27.5 Å². The molecule has 0 aliphatic rings. The normalized spacial score (nSPS) is 12.8. The second-order valence-corrected chi connectivity index (χ2v) is 9.24. The predicted molar refractivity (Wildman–Crippen MR) is 107 cm³/mol. The van der Waals surface area contributed by atoms with Gasteiger partial charge >= 0.3 is 18.5 Å². The van der Waals surface area contributed by atoms with E-state index >= 15 is 0 Å². The van der Waals surface area contributed by atoms with Crippen LogP contribution in [0.25, 0.3) is 5.69 Å². The standard InChI is InChI=1S/C19H7ClF9N5O3S/c20-12-3-8(7-30)1-2-13(12)34-15(19(27,28)29)14(31-33-34)16(35)32-38(36,37)11-5-9(17(21,22)23)4-10(6-11)18(24,25)26/h1-6H,(H,32,35). The van der Waals surface area contributed by atoms with Gasteiger partial charge in [-0.3, -0.25) is 4.79 Å². The molecule has 0 aliphatic carbocycles. The van der Waals surface area contributed by atoms with Crippen LogP contribution in [-0.2, 0) is 28.6 Å². The molecule has 0 radical (unpaired) electrons. The van der Waals surface area contributed by atoms with E-state index in [0.717, 1.165) is 22.9 Å². The van der Waals surface area contributed by atoms with Crippen LogP contribution >= 0.6 is 11.6 Å². The summed E-state index contributed by atoms with van der Waals surface area (Å²) in [5.41, 5.74) is -8.44. The van der Waals surface area contributed by atoms with Gasteiger partial charge in [0.25, 0.3) is 15.9 Å². The Morgan fingerprint density at radius 1 is 0.921 bits per heavy atom. The number of nitrogens with one attached hydrogen (secondary N) is 1. The zero-order valence-corrected chi connectivity index (χ0v) is 19.2. The quantitative estimate of drug-likeness (QED) is 0.428. The number of carbonyl (C=O) groups excluding carboxylic acids is 1. The average molecular weight is 592 g/mol. The van der Waals surface area contributed by atoms with Crippen molar-refractivity contribution in [3.63, 3.8) is 0 Å². The maximum atomic E-state index is 13.8. The Bertz CT molecular complexity index is 1540. The molecule has 1 N–H and O–H groups in total. The van der Waals surface area contributed by atoms with E-state index in [9.17, 15) is 52.7 Å². The minimum atomic E-state index is -5.61. The molecule has 0 saturated carbocycles. The SMILES string of the molecule is N#Cc1ccc(-n2nnc(C(=O)NS(=O)(=O)c3cc(C(F)(F)F)cc(C(F)(F)F)c3)c2C(F)(F)F)c(Cl)c1. The summed E-state index contributed by atoms with van der Waals surface area (Å²) in [5, 5.41) is 14.5. The zero-order chi connectivity index (χ0) is 28.8. The number of hydrogen-bond donors (Lipinski definition) is 1. The number of rotatable bonds is 4. The lowest BCUT2D eigenvalue weighted by Gasteiger charge is -2.15. The van der Waals surface area contributed by atoms with Crippen molar-refractivity contribution in [2.45, 2.75) is 23.4 Å². The molecule has 3 aromatic rings. The number of alkyl halides is 9. The molecule has 1 aromatic heterocycles.